The molecule has 13 heteroatoms. The third-order valence-corrected chi connectivity index (χ3v) is 6.04. The van der Waals surface area contributed by atoms with E-state index in [9.17, 15) is 18.3 Å². The van der Waals surface area contributed by atoms with Crippen molar-refractivity contribution in [2.75, 3.05) is 18.6 Å². The van der Waals surface area contributed by atoms with Crippen LogP contribution in [0.5, 0.6) is 0 Å². The van der Waals surface area contributed by atoms with Gasteiger partial charge in [0, 0.05) is 19.4 Å². The van der Waals surface area contributed by atoms with E-state index in [2.05, 4.69) is 10.3 Å². The topological polar surface area (TPSA) is 158 Å². The number of amides is 1. The van der Waals surface area contributed by atoms with Crippen molar-refractivity contribution in [3.05, 3.63) is 46.4 Å². The number of carbonyl (C=O) groups is 1. The lowest BCUT2D eigenvalue weighted by Gasteiger charge is -2.25. The lowest BCUT2D eigenvalue weighted by molar-refractivity contribution is -0.360. The first-order valence-corrected chi connectivity index (χ1v) is 11.3. The second-order valence-electron chi connectivity index (χ2n) is 5.22. The van der Waals surface area contributed by atoms with Crippen molar-refractivity contribution in [2.24, 2.45) is 0 Å². The van der Waals surface area contributed by atoms with Gasteiger partial charge in [0.2, 0.25) is 0 Å². The number of sulfonamides is 1. The SMILES string of the molecule is CN1C(C(=O)Nc2cccc[nH+]2)=C(O)c2sccc2S1(=O)=O.CS(=O)(=O)[O-]. The monoisotopic (exact) mass is 433 g/mol. The van der Waals surface area contributed by atoms with Crippen LogP contribution >= 0.6 is 11.3 Å². The van der Waals surface area contributed by atoms with E-state index in [0.717, 1.165) is 15.6 Å². The molecule has 0 unspecified atom stereocenters. The van der Waals surface area contributed by atoms with Crippen LogP contribution in [0.2, 0.25) is 0 Å². The van der Waals surface area contributed by atoms with Gasteiger partial charge in [0.05, 0.1) is 21.2 Å². The Morgan fingerprint density at radius 2 is 1.96 bits per heavy atom. The minimum absolute atomic E-state index is 0.000300. The fourth-order valence-corrected chi connectivity index (χ4v) is 4.66. The second kappa shape index (κ2) is 7.64. The highest BCUT2D eigenvalue weighted by Gasteiger charge is 2.40. The lowest BCUT2D eigenvalue weighted by Crippen LogP contribution is -2.37. The molecule has 0 saturated carbocycles. The summed E-state index contributed by atoms with van der Waals surface area (Å²) >= 11 is 1.06. The fraction of sp³-hybridized carbons (Fsp3) is 0.143. The molecule has 146 valence electrons. The van der Waals surface area contributed by atoms with Gasteiger partial charge in [-0.25, -0.2) is 31.9 Å². The average molecular weight is 433 g/mol. The molecule has 0 bridgehead atoms. The largest absolute Gasteiger partial charge is 0.748 e. The van der Waals surface area contributed by atoms with Crippen molar-refractivity contribution in [2.45, 2.75) is 4.90 Å². The van der Waals surface area contributed by atoms with Gasteiger partial charge in [-0.1, -0.05) is 6.07 Å². The quantitative estimate of drug-likeness (QED) is 0.641. The maximum atomic E-state index is 12.4. The van der Waals surface area contributed by atoms with Crippen LogP contribution in [0.15, 0.2) is 46.4 Å². The minimum Gasteiger partial charge on any atom is -0.748 e. The number of likely N-dealkylation sites (N-methyl/N-ethyl adjacent to an activating group) is 1. The highest BCUT2D eigenvalue weighted by Crippen LogP contribution is 2.37. The van der Waals surface area contributed by atoms with E-state index in [-0.39, 0.29) is 21.2 Å². The molecule has 3 N–H and O–H groups in total. The first kappa shape index (κ1) is 20.8. The molecule has 0 atom stereocenters. The summed E-state index contributed by atoms with van der Waals surface area (Å²) in [6.07, 6.45) is 2.22. The maximum absolute atomic E-state index is 12.4. The first-order valence-electron chi connectivity index (χ1n) is 7.12. The summed E-state index contributed by atoms with van der Waals surface area (Å²) in [5, 5.41) is 14.3. The molecule has 1 aliphatic heterocycles. The Bertz CT molecular complexity index is 1080. The number of aromatic amines is 1. The van der Waals surface area contributed by atoms with Crippen LogP contribution in [0.1, 0.15) is 4.88 Å². The Hall–Kier alpha value is -2.48. The summed E-state index contributed by atoms with van der Waals surface area (Å²) < 4.78 is 52.8. The van der Waals surface area contributed by atoms with Crippen molar-refractivity contribution < 1.29 is 36.3 Å². The molecule has 27 heavy (non-hydrogen) atoms. The van der Waals surface area contributed by atoms with E-state index in [1.165, 1.54) is 13.1 Å². The van der Waals surface area contributed by atoms with Crippen LogP contribution in [-0.2, 0) is 24.9 Å². The standard InChI is InChI=1S/C13H11N3O4S2.CH4O3S/c1-16-10(13(18)15-9-4-2-3-6-14-9)11(17)12-8(5-7-21-12)22(16,19)20;1-5(2,3)4/h2-7,17H,1H3,(H,14,15,18);1H3,(H,2,3,4). The van der Waals surface area contributed by atoms with Crippen molar-refractivity contribution in [3.63, 3.8) is 0 Å². The number of aliphatic hydroxyl groups is 1. The van der Waals surface area contributed by atoms with Gasteiger partial charge in [-0.3, -0.25) is 4.31 Å². The van der Waals surface area contributed by atoms with Crippen LogP contribution in [0.4, 0.5) is 5.82 Å². The first-order chi connectivity index (χ1) is 12.4. The van der Waals surface area contributed by atoms with Gasteiger partial charge in [0.25, 0.3) is 15.8 Å². The summed E-state index contributed by atoms with van der Waals surface area (Å²) in [5.41, 5.74) is -0.313. The second-order valence-corrected chi connectivity index (χ2v) is 9.48. The number of carbonyl (C=O) groups excluding carboxylic acids is 1. The van der Waals surface area contributed by atoms with Crippen LogP contribution in [-0.4, -0.2) is 50.0 Å². The summed E-state index contributed by atoms with van der Waals surface area (Å²) in [6.45, 7) is 0. The highest BCUT2D eigenvalue weighted by molar-refractivity contribution is 7.89. The Balaban J connectivity index is 0.000000465. The molecule has 10 nitrogen and oxygen atoms in total. The Morgan fingerprint density at radius 3 is 2.52 bits per heavy atom. The van der Waals surface area contributed by atoms with Gasteiger partial charge < -0.3 is 9.66 Å². The Labute approximate surface area is 159 Å². The van der Waals surface area contributed by atoms with Gasteiger partial charge in [0.1, 0.15) is 4.90 Å². The van der Waals surface area contributed by atoms with Gasteiger partial charge in [-0.05, 0) is 17.5 Å². The smallest absolute Gasteiger partial charge is 0.360 e. The number of aliphatic hydroxyl groups excluding tert-OH is 1. The molecule has 0 saturated heterocycles. The number of thiophene rings is 1. The van der Waals surface area contributed by atoms with Gasteiger partial charge in [-0.15, -0.1) is 11.3 Å². The normalized spacial score (nSPS) is 15.4. The van der Waals surface area contributed by atoms with Crippen LogP contribution in [0, 0.1) is 0 Å². The van der Waals surface area contributed by atoms with E-state index in [1.807, 2.05) is 0 Å². The van der Waals surface area contributed by atoms with E-state index in [0.29, 0.717) is 12.1 Å². The van der Waals surface area contributed by atoms with Crippen molar-refractivity contribution in [3.8, 4) is 0 Å². The number of rotatable bonds is 2. The zero-order valence-corrected chi connectivity index (χ0v) is 16.5. The molecular formula is C14H15N3O7S3. The van der Waals surface area contributed by atoms with Crippen LogP contribution in [0.25, 0.3) is 5.76 Å². The van der Waals surface area contributed by atoms with Crippen LogP contribution in [0.3, 0.4) is 0 Å². The zero-order chi connectivity index (χ0) is 20.4. The van der Waals surface area contributed by atoms with Crippen LogP contribution < -0.4 is 10.3 Å². The number of fused-ring (bicyclic) bond motifs is 1. The summed E-state index contributed by atoms with van der Waals surface area (Å²) in [5.74, 6) is -0.684. The molecule has 1 aliphatic rings. The molecule has 0 aromatic carbocycles. The molecule has 0 spiro atoms. The zero-order valence-electron chi connectivity index (χ0n) is 14.0. The summed E-state index contributed by atoms with van der Waals surface area (Å²) in [7, 11) is -6.53. The highest BCUT2D eigenvalue weighted by atomic mass is 32.2. The fourth-order valence-electron chi connectivity index (χ4n) is 2.10. The predicted molar refractivity (Wildman–Crippen MR) is 96.1 cm³/mol. The molecule has 3 rings (SSSR count). The molecule has 1 amide bonds. The number of nitrogens with one attached hydrogen (secondary N) is 2. The number of hydrogen-bond acceptors (Lipinski definition) is 8. The molecule has 3 heterocycles. The van der Waals surface area contributed by atoms with E-state index in [4.69, 9.17) is 13.0 Å². The molecule has 2 aromatic heterocycles. The molecule has 2 aromatic rings. The van der Waals surface area contributed by atoms with Crippen molar-refractivity contribution in [1.29, 1.82) is 0 Å². The predicted octanol–water partition coefficient (Wildman–Crippen LogP) is 0.223. The average Bonchev–Trinajstić information content (AvgIpc) is 3.04. The third-order valence-electron chi connectivity index (χ3n) is 3.19. The lowest BCUT2D eigenvalue weighted by atomic mass is 10.3. The molecular weight excluding hydrogens is 418 g/mol. The number of nitrogens with zero attached hydrogens (tertiary/aromatic N) is 1. The van der Waals surface area contributed by atoms with Crippen molar-refractivity contribution >= 4 is 49.0 Å². The van der Waals surface area contributed by atoms with E-state index >= 15 is 0 Å². The Morgan fingerprint density at radius 1 is 1.33 bits per heavy atom. The van der Waals surface area contributed by atoms with Gasteiger partial charge >= 0.3 is 5.91 Å². The summed E-state index contributed by atoms with van der Waals surface area (Å²) in [6, 6.07) is 6.46. The summed E-state index contributed by atoms with van der Waals surface area (Å²) in [4.78, 5) is 15.3. The molecule has 0 aliphatic carbocycles. The number of H-pyrrole nitrogens is 1. The minimum atomic E-state index is -3.92. The number of anilines is 1. The third kappa shape index (κ3) is 4.82. The number of pyridine rings is 1. The van der Waals surface area contributed by atoms with Crippen molar-refractivity contribution in [1.82, 2.24) is 4.31 Å². The number of hydrogen-bond donors (Lipinski definition) is 2. The molecule has 0 radical (unpaired) electrons. The molecule has 0 fully saturated rings. The number of aromatic nitrogens is 1. The van der Waals surface area contributed by atoms with Gasteiger partial charge in [0.15, 0.2) is 11.5 Å². The van der Waals surface area contributed by atoms with E-state index in [1.54, 1.807) is 29.8 Å². The Kier molecular flexibility index (Phi) is 5.89. The van der Waals surface area contributed by atoms with Gasteiger partial charge in [-0.2, -0.15) is 0 Å². The van der Waals surface area contributed by atoms with E-state index < -0.39 is 26.0 Å². The maximum Gasteiger partial charge on any atom is 0.360 e.